The predicted molar refractivity (Wildman–Crippen MR) is 88.6 cm³/mol. The van der Waals surface area contributed by atoms with Gasteiger partial charge in [-0.15, -0.1) is 0 Å². The van der Waals surface area contributed by atoms with Crippen molar-refractivity contribution in [1.29, 1.82) is 0 Å². The molecular formula is C17H30OSi. The Hall–Kier alpha value is -0.763. The normalized spacial score (nSPS) is 11.3. The number of hydrogen-bond donors (Lipinski definition) is 0. The molecule has 0 spiro atoms. The monoisotopic (exact) mass is 278 g/mol. The van der Waals surface area contributed by atoms with Gasteiger partial charge in [0.15, 0.2) is 0 Å². The molecule has 0 bridgehead atoms. The predicted octanol–water partition coefficient (Wildman–Crippen LogP) is 4.05. The fraction of sp³-hybridized carbons (Fsp3) is 0.647. The average Bonchev–Trinajstić information content (AvgIpc) is 2.46. The Morgan fingerprint density at radius 1 is 0.842 bits per heavy atom. The summed E-state index contributed by atoms with van der Waals surface area (Å²) in [5, 5.41) is 1.57. The lowest BCUT2D eigenvalue weighted by Crippen LogP contribution is -2.12. The van der Waals surface area contributed by atoms with Gasteiger partial charge in [0.2, 0.25) is 0 Å². The van der Waals surface area contributed by atoms with Crippen LogP contribution in [0.1, 0.15) is 58.3 Å². The lowest BCUT2D eigenvalue weighted by molar-refractivity contribution is 0.415. The summed E-state index contributed by atoms with van der Waals surface area (Å²) in [6, 6.07) is 10.1. The smallest absolute Gasteiger partial charge is 0.118 e. The molecule has 0 heterocycles. The minimum absolute atomic E-state index is 0.0382. The van der Waals surface area contributed by atoms with Crippen LogP contribution in [0.5, 0.6) is 5.75 Å². The van der Waals surface area contributed by atoms with Gasteiger partial charge in [-0.1, -0.05) is 81.7 Å². The van der Waals surface area contributed by atoms with E-state index in [0.717, 1.165) is 5.75 Å². The Labute approximate surface area is 121 Å². The maximum Gasteiger partial charge on any atom is 0.118 e. The van der Waals surface area contributed by atoms with Crippen LogP contribution in [0, 0.1) is 0 Å². The molecule has 0 unspecified atom stereocenters. The molecule has 108 valence electrons. The molecular weight excluding hydrogens is 248 g/mol. The van der Waals surface area contributed by atoms with E-state index in [1.54, 1.807) is 12.3 Å². The SMILES string of the molecule is CCCCCCCCCC[SiH2]c1ccc(OC)cc1. The van der Waals surface area contributed by atoms with Gasteiger partial charge in [0.25, 0.3) is 0 Å². The fourth-order valence-corrected chi connectivity index (χ4v) is 4.01. The van der Waals surface area contributed by atoms with Crippen molar-refractivity contribution in [3.8, 4) is 5.75 Å². The molecule has 2 heteroatoms. The summed E-state index contributed by atoms with van der Waals surface area (Å²) in [5.74, 6) is 0.977. The Balaban J connectivity index is 1.95. The molecule has 0 N–H and O–H groups in total. The van der Waals surface area contributed by atoms with Crippen molar-refractivity contribution in [3.05, 3.63) is 24.3 Å². The molecule has 19 heavy (non-hydrogen) atoms. The van der Waals surface area contributed by atoms with Crippen LogP contribution in [0.3, 0.4) is 0 Å². The Kier molecular flexibility index (Phi) is 9.51. The molecule has 0 amide bonds. The van der Waals surface area contributed by atoms with Gasteiger partial charge in [-0.25, -0.2) is 0 Å². The van der Waals surface area contributed by atoms with Gasteiger partial charge in [-0.3, -0.25) is 0 Å². The molecule has 1 aromatic carbocycles. The number of ether oxygens (including phenoxy) is 1. The Morgan fingerprint density at radius 3 is 2.00 bits per heavy atom. The quantitative estimate of drug-likeness (QED) is 0.438. The molecule has 0 aliphatic rings. The molecule has 0 aliphatic carbocycles. The van der Waals surface area contributed by atoms with Gasteiger partial charge < -0.3 is 4.74 Å². The fourth-order valence-electron chi connectivity index (χ4n) is 2.43. The first-order chi connectivity index (χ1) is 9.36. The number of methoxy groups -OCH3 is 1. The summed E-state index contributed by atoms with van der Waals surface area (Å²) in [7, 11) is 1.69. The van der Waals surface area contributed by atoms with Crippen LogP contribution in [0.4, 0.5) is 0 Å². The van der Waals surface area contributed by atoms with Crippen LogP contribution in [-0.4, -0.2) is 16.6 Å². The summed E-state index contributed by atoms with van der Waals surface area (Å²) in [5.41, 5.74) is 0. The highest BCUT2D eigenvalue weighted by molar-refractivity contribution is 6.53. The van der Waals surface area contributed by atoms with Gasteiger partial charge in [-0.05, 0) is 12.1 Å². The third kappa shape index (κ3) is 8.09. The van der Waals surface area contributed by atoms with E-state index in [1.165, 1.54) is 57.4 Å². The number of rotatable bonds is 11. The first-order valence-electron chi connectivity index (χ1n) is 7.99. The molecule has 0 atom stereocenters. The highest BCUT2D eigenvalue weighted by atomic mass is 28.2. The standard InChI is InChI=1S/C17H30OSi/c1-3-4-5-6-7-8-9-10-15-19-17-13-11-16(18-2)12-14-17/h11-14H,3-10,15,19H2,1-2H3. The van der Waals surface area contributed by atoms with Crippen molar-refractivity contribution in [2.24, 2.45) is 0 Å². The second kappa shape index (κ2) is 11.1. The van der Waals surface area contributed by atoms with Crippen LogP contribution >= 0.6 is 0 Å². The van der Waals surface area contributed by atoms with Crippen LogP contribution in [0.2, 0.25) is 6.04 Å². The van der Waals surface area contributed by atoms with E-state index in [0.29, 0.717) is 0 Å². The molecule has 0 aromatic heterocycles. The van der Waals surface area contributed by atoms with Crippen LogP contribution in [-0.2, 0) is 0 Å². The van der Waals surface area contributed by atoms with E-state index in [9.17, 15) is 0 Å². The van der Waals surface area contributed by atoms with Crippen molar-refractivity contribution in [1.82, 2.24) is 0 Å². The first-order valence-corrected chi connectivity index (χ1v) is 9.70. The summed E-state index contributed by atoms with van der Waals surface area (Å²) in [4.78, 5) is 0. The largest absolute Gasteiger partial charge is 0.497 e. The molecule has 0 saturated heterocycles. The van der Waals surface area contributed by atoms with E-state index in [-0.39, 0.29) is 9.52 Å². The van der Waals surface area contributed by atoms with Crippen LogP contribution < -0.4 is 9.92 Å². The third-order valence-electron chi connectivity index (χ3n) is 3.73. The lowest BCUT2D eigenvalue weighted by Gasteiger charge is -2.03. The molecule has 1 nitrogen and oxygen atoms in total. The van der Waals surface area contributed by atoms with Gasteiger partial charge >= 0.3 is 0 Å². The Morgan fingerprint density at radius 2 is 1.42 bits per heavy atom. The van der Waals surface area contributed by atoms with E-state index < -0.39 is 0 Å². The van der Waals surface area contributed by atoms with Gasteiger partial charge in [-0.2, -0.15) is 0 Å². The van der Waals surface area contributed by atoms with E-state index in [4.69, 9.17) is 4.74 Å². The van der Waals surface area contributed by atoms with Crippen molar-refractivity contribution < 1.29 is 4.74 Å². The van der Waals surface area contributed by atoms with Crippen molar-refractivity contribution in [2.75, 3.05) is 7.11 Å². The maximum absolute atomic E-state index is 5.18. The zero-order valence-electron chi connectivity index (χ0n) is 12.8. The van der Waals surface area contributed by atoms with Crippen molar-refractivity contribution in [3.63, 3.8) is 0 Å². The molecule has 1 rings (SSSR count). The van der Waals surface area contributed by atoms with E-state index in [1.807, 2.05) is 0 Å². The van der Waals surface area contributed by atoms with Crippen LogP contribution in [0.25, 0.3) is 0 Å². The number of unbranched alkanes of at least 4 members (excludes halogenated alkanes) is 7. The van der Waals surface area contributed by atoms with Gasteiger partial charge in [0.1, 0.15) is 5.75 Å². The van der Waals surface area contributed by atoms with Gasteiger partial charge in [0, 0.05) is 0 Å². The highest BCUT2D eigenvalue weighted by Crippen LogP contribution is 2.10. The second-order valence-corrected chi connectivity index (χ2v) is 7.45. The van der Waals surface area contributed by atoms with E-state index >= 15 is 0 Å². The summed E-state index contributed by atoms with van der Waals surface area (Å²) in [6.07, 6.45) is 11.4. The van der Waals surface area contributed by atoms with Gasteiger partial charge in [0.05, 0.1) is 16.6 Å². The molecule has 0 fully saturated rings. The van der Waals surface area contributed by atoms with Crippen molar-refractivity contribution >= 4 is 14.7 Å². The summed E-state index contributed by atoms with van der Waals surface area (Å²) in [6.45, 7) is 2.28. The molecule has 1 aromatic rings. The summed E-state index contributed by atoms with van der Waals surface area (Å²) < 4.78 is 5.18. The maximum atomic E-state index is 5.18. The Bertz CT molecular complexity index is 308. The molecule has 0 radical (unpaired) electrons. The van der Waals surface area contributed by atoms with Crippen molar-refractivity contribution in [2.45, 2.75) is 64.3 Å². The topological polar surface area (TPSA) is 9.23 Å². The average molecular weight is 279 g/mol. The zero-order valence-corrected chi connectivity index (χ0v) is 14.2. The lowest BCUT2D eigenvalue weighted by atomic mass is 10.1. The second-order valence-electron chi connectivity index (χ2n) is 5.43. The third-order valence-corrected chi connectivity index (χ3v) is 5.63. The first kappa shape index (κ1) is 16.3. The minimum Gasteiger partial charge on any atom is -0.497 e. The number of benzene rings is 1. The number of hydrogen-bond acceptors (Lipinski definition) is 1. The highest BCUT2D eigenvalue weighted by Gasteiger charge is 1.96. The minimum atomic E-state index is -0.0382. The summed E-state index contributed by atoms with van der Waals surface area (Å²) >= 11 is 0. The zero-order chi connectivity index (χ0) is 13.8. The van der Waals surface area contributed by atoms with E-state index in [2.05, 4.69) is 31.2 Å². The molecule has 0 aliphatic heterocycles. The van der Waals surface area contributed by atoms with Crippen LogP contribution in [0.15, 0.2) is 24.3 Å². The molecule has 0 saturated carbocycles.